The molecule has 0 unspecified atom stereocenters. The van der Waals surface area contributed by atoms with Crippen molar-refractivity contribution in [3.63, 3.8) is 0 Å². The van der Waals surface area contributed by atoms with Crippen LogP contribution in [-0.4, -0.2) is 17.9 Å². The first-order valence-corrected chi connectivity index (χ1v) is 8.40. The molecule has 3 rings (SSSR count). The average molecular weight is 336 g/mol. The van der Waals surface area contributed by atoms with Crippen molar-refractivity contribution in [2.75, 3.05) is 0 Å². The minimum absolute atomic E-state index is 0.170. The van der Waals surface area contributed by atoms with Gasteiger partial charge in [0.25, 0.3) is 0 Å². The number of nitrogens with zero attached hydrogens (tertiary/aromatic N) is 2. The number of benzene rings is 2. The second-order valence-electron chi connectivity index (χ2n) is 6.89. The average Bonchev–Trinajstić information content (AvgIpc) is 3.06. The van der Waals surface area contributed by atoms with E-state index in [9.17, 15) is 9.65 Å². The van der Waals surface area contributed by atoms with Crippen LogP contribution in [0.4, 0.5) is 4.39 Å². The van der Waals surface area contributed by atoms with Crippen molar-refractivity contribution >= 4 is 5.71 Å². The van der Waals surface area contributed by atoms with Crippen LogP contribution in [0.1, 0.15) is 31.4 Å². The van der Waals surface area contributed by atoms with Gasteiger partial charge in [0.15, 0.2) is 0 Å². The van der Waals surface area contributed by atoms with E-state index < -0.39 is 5.41 Å². The molecule has 2 atom stereocenters. The summed E-state index contributed by atoms with van der Waals surface area (Å²) in [6, 6.07) is 18.5. The third kappa shape index (κ3) is 3.94. The number of rotatable bonds is 5. The van der Waals surface area contributed by atoms with Crippen LogP contribution in [-0.2, 0) is 11.3 Å². The van der Waals surface area contributed by atoms with Gasteiger partial charge in [-0.2, -0.15) is 5.26 Å². The van der Waals surface area contributed by atoms with E-state index in [-0.39, 0.29) is 18.0 Å². The molecular formula is C21H21FN2O. The molecule has 1 aliphatic heterocycles. The van der Waals surface area contributed by atoms with Crippen LogP contribution in [0.15, 0.2) is 59.6 Å². The smallest absolute Gasteiger partial charge is 0.123 e. The zero-order valence-electron chi connectivity index (χ0n) is 14.4. The molecule has 0 radical (unpaired) electrons. The Kier molecular flexibility index (Phi) is 4.96. The van der Waals surface area contributed by atoms with Crippen molar-refractivity contribution in [3.05, 3.63) is 71.5 Å². The SMILES string of the molecule is CC(C)(C#N)[C@H]1C[C@@H](OCc2ccccc2)C(c2cccc(F)c2)=N1. The molecule has 0 fully saturated rings. The van der Waals surface area contributed by atoms with Crippen LogP contribution in [0.2, 0.25) is 0 Å². The molecule has 0 aromatic heterocycles. The highest BCUT2D eigenvalue weighted by Crippen LogP contribution is 2.33. The Morgan fingerprint density at radius 3 is 2.64 bits per heavy atom. The van der Waals surface area contributed by atoms with E-state index in [0.717, 1.165) is 11.3 Å². The first-order chi connectivity index (χ1) is 12.0. The molecule has 128 valence electrons. The molecule has 0 aliphatic carbocycles. The van der Waals surface area contributed by atoms with Gasteiger partial charge in [-0.3, -0.25) is 4.99 Å². The van der Waals surface area contributed by atoms with Crippen molar-refractivity contribution in [3.8, 4) is 6.07 Å². The predicted molar refractivity (Wildman–Crippen MR) is 95.8 cm³/mol. The lowest BCUT2D eigenvalue weighted by atomic mass is 9.84. The summed E-state index contributed by atoms with van der Waals surface area (Å²) in [7, 11) is 0. The molecule has 0 saturated carbocycles. The van der Waals surface area contributed by atoms with Crippen LogP contribution in [0, 0.1) is 22.6 Å². The van der Waals surface area contributed by atoms with Gasteiger partial charge in [-0.05, 0) is 31.5 Å². The number of hydrogen-bond acceptors (Lipinski definition) is 3. The molecule has 0 bridgehead atoms. The molecule has 0 spiro atoms. The van der Waals surface area contributed by atoms with E-state index in [1.54, 1.807) is 6.07 Å². The second kappa shape index (κ2) is 7.16. The lowest BCUT2D eigenvalue weighted by molar-refractivity contribution is 0.0771. The van der Waals surface area contributed by atoms with Crippen molar-refractivity contribution in [2.45, 2.75) is 39.0 Å². The summed E-state index contributed by atoms with van der Waals surface area (Å²) in [5, 5.41) is 9.43. The van der Waals surface area contributed by atoms with Gasteiger partial charge in [0, 0.05) is 12.0 Å². The summed E-state index contributed by atoms with van der Waals surface area (Å²) in [5.41, 5.74) is 1.92. The Labute approximate surface area is 147 Å². The summed E-state index contributed by atoms with van der Waals surface area (Å²) in [5.74, 6) is -0.301. The zero-order chi connectivity index (χ0) is 17.9. The fourth-order valence-corrected chi connectivity index (χ4v) is 2.97. The fraction of sp³-hybridized carbons (Fsp3) is 0.333. The summed E-state index contributed by atoms with van der Waals surface area (Å²) in [6.07, 6.45) is 0.374. The second-order valence-corrected chi connectivity index (χ2v) is 6.89. The first kappa shape index (κ1) is 17.3. The van der Waals surface area contributed by atoms with E-state index in [1.807, 2.05) is 50.2 Å². The van der Waals surface area contributed by atoms with E-state index in [0.29, 0.717) is 18.6 Å². The monoisotopic (exact) mass is 336 g/mol. The van der Waals surface area contributed by atoms with Crippen LogP contribution >= 0.6 is 0 Å². The van der Waals surface area contributed by atoms with E-state index in [1.165, 1.54) is 12.1 Å². The van der Waals surface area contributed by atoms with Gasteiger partial charge in [-0.15, -0.1) is 0 Å². The minimum Gasteiger partial charge on any atom is -0.367 e. The number of aliphatic imine (C=N–C) groups is 1. The van der Waals surface area contributed by atoms with Gasteiger partial charge in [0.05, 0.1) is 29.8 Å². The maximum Gasteiger partial charge on any atom is 0.123 e. The highest BCUT2D eigenvalue weighted by atomic mass is 19.1. The van der Waals surface area contributed by atoms with Gasteiger partial charge < -0.3 is 4.74 Å². The van der Waals surface area contributed by atoms with Crippen molar-refractivity contribution in [1.82, 2.24) is 0 Å². The molecule has 0 amide bonds. The van der Waals surface area contributed by atoms with E-state index >= 15 is 0 Å². The molecule has 1 aliphatic rings. The third-order valence-corrected chi connectivity index (χ3v) is 4.57. The molecule has 25 heavy (non-hydrogen) atoms. The van der Waals surface area contributed by atoms with E-state index in [2.05, 4.69) is 6.07 Å². The van der Waals surface area contributed by atoms with Crippen LogP contribution in [0.3, 0.4) is 0 Å². The topological polar surface area (TPSA) is 45.4 Å². The lowest BCUT2D eigenvalue weighted by Crippen LogP contribution is -2.27. The van der Waals surface area contributed by atoms with Gasteiger partial charge in [0.2, 0.25) is 0 Å². The Morgan fingerprint density at radius 2 is 1.96 bits per heavy atom. The number of halogens is 1. The number of hydrogen-bond donors (Lipinski definition) is 0. The van der Waals surface area contributed by atoms with Crippen LogP contribution in [0.25, 0.3) is 0 Å². The van der Waals surface area contributed by atoms with Gasteiger partial charge >= 0.3 is 0 Å². The molecule has 2 aromatic carbocycles. The maximum atomic E-state index is 13.6. The summed E-state index contributed by atoms with van der Waals surface area (Å²) in [4.78, 5) is 4.74. The maximum absolute atomic E-state index is 13.6. The molecule has 1 heterocycles. The molecular weight excluding hydrogens is 315 g/mol. The Bertz CT molecular complexity index is 808. The molecule has 4 heteroatoms. The first-order valence-electron chi connectivity index (χ1n) is 8.40. The quantitative estimate of drug-likeness (QED) is 0.806. The largest absolute Gasteiger partial charge is 0.367 e. The normalized spacial score (nSPS) is 20.2. The molecule has 0 saturated heterocycles. The standard InChI is InChI=1S/C21H21FN2O/c1-21(2,14-23)19-12-18(25-13-15-7-4-3-5-8-15)20(24-19)16-9-6-10-17(22)11-16/h3-11,18-19H,12-13H2,1-2H3/t18-,19-/m1/s1. The van der Waals surface area contributed by atoms with Crippen molar-refractivity contribution in [1.29, 1.82) is 5.26 Å². The summed E-state index contributed by atoms with van der Waals surface area (Å²) >= 11 is 0. The van der Waals surface area contributed by atoms with Gasteiger partial charge in [-0.1, -0.05) is 42.5 Å². The predicted octanol–water partition coefficient (Wildman–Crippen LogP) is 4.52. The highest BCUT2D eigenvalue weighted by Gasteiger charge is 2.39. The molecule has 2 aromatic rings. The molecule has 0 N–H and O–H groups in total. The third-order valence-electron chi connectivity index (χ3n) is 4.57. The summed E-state index contributed by atoms with van der Waals surface area (Å²) < 4.78 is 19.8. The van der Waals surface area contributed by atoms with Crippen LogP contribution in [0.5, 0.6) is 0 Å². The zero-order valence-corrected chi connectivity index (χ0v) is 14.4. The summed E-state index contributed by atoms with van der Waals surface area (Å²) in [6.45, 7) is 4.22. The van der Waals surface area contributed by atoms with Gasteiger partial charge in [-0.25, -0.2) is 4.39 Å². The Balaban J connectivity index is 1.85. The van der Waals surface area contributed by atoms with Crippen LogP contribution < -0.4 is 0 Å². The van der Waals surface area contributed by atoms with Gasteiger partial charge in [0.1, 0.15) is 11.9 Å². The number of nitriles is 1. The number of ether oxygens (including phenoxy) is 1. The lowest BCUT2D eigenvalue weighted by Gasteiger charge is -2.21. The highest BCUT2D eigenvalue weighted by molar-refractivity contribution is 6.05. The van der Waals surface area contributed by atoms with Crippen molar-refractivity contribution in [2.24, 2.45) is 10.4 Å². The Morgan fingerprint density at radius 1 is 1.20 bits per heavy atom. The Hall–Kier alpha value is -2.51. The minimum atomic E-state index is -0.594. The van der Waals surface area contributed by atoms with E-state index in [4.69, 9.17) is 9.73 Å². The molecule has 3 nitrogen and oxygen atoms in total. The fourth-order valence-electron chi connectivity index (χ4n) is 2.97. The van der Waals surface area contributed by atoms with Crippen molar-refractivity contribution < 1.29 is 9.13 Å².